The van der Waals surface area contributed by atoms with Crippen LogP contribution in [0.15, 0.2) is 40.9 Å². The molecule has 0 saturated heterocycles. The highest BCUT2D eigenvalue weighted by molar-refractivity contribution is 9.10. The van der Waals surface area contributed by atoms with E-state index in [1.54, 1.807) is 13.2 Å². The summed E-state index contributed by atoms with van der Waals surface area (Å²) in [6.07, 6.45) is -0.310. The van der Waals surface area contributed by atoms with Gasteiger partial charge in [0.1, 0.15) is 11.6 Å². The first-order valence-corrected chi connectivity index (χ1v) is 7.07. The summed E-state index contributed by atoms with van der Waals surface area (Å²) in [4.78, 5) is 0. The molecule has 2 rings (SSSR count). The molecule has 2 aromatic carbocycles. The van der Waals surface area contributed by atoms with E-state index in [0.29, 0.717) is 16.5 Å². The largest absolute Gasteiger partial charge is 0.496 e. The van der Waals surface area contributed by atoms with Crippen LogP contribution in [-0.4, -0.2) is 12.2 Å². The monoisotopic (exact) mass is 338 g/mol. The van der Waals surface area contributed by atoms with E-state index in [1.165, 1.54) is 12.1 Å². The summed E-state index contributed by atoms with van der Waals surface area (Å²) >= 11 is 3.28. The van der Waals surface area contributed by atoms with Crippen LogP contribution < -0.4 is 4.74 Å². The van der Waals surface area contributed by atoms with Gasteiger partial charge in [-0.3, -0.25) is 0 Å². The van der Waals surface area contributed by atoms with Crippen LogP contribution in [0.3, 0.4) is 0 Å². The second-order valence-corrected chi connectivity index (χ2v) is 5.56. The Balaban J connectivity index is 2.27. The van der Waals surface area contributed by atoms with Crippen LogP contribution in [0.2, 0.25) is 0 Å². The molecule has 0 amide bonds. The van der Waals surface area contributed by atoms with Crippen LogP contribution in [0.5, 0.6) is 5.75 Å². The zero-order valence-corrected chi connectivity index (χ0v) is 12.9. The molecule has 1 N–H and O–H groups in total. The third-order valence-corrected chi connectivity index (χ3v) is 3.86. The Morgan fingerprint density at radius 3 is 2.65 bits per heavy atom. The van der Waals surface area contributed by atoms with E-state index in [0.717, 1.165) is 16.9 Å². The average Bonchev–Trinajstić information content (AvgIpc) is 2.38. The molecular weight excluding hydrogens is 323 g/mol. The number of aliphatic hydroxyl groups excluding tert-OH is 1. The van der Waals surface area contributed by atoms with Crippen molar-refractivity contribution >= 4 is 15.9 Å². The minimum absolute atomic E-state index is 0.332. The topological polar surface area (TPSA) is 29.5 Å². The first kappa shape index (κ1) is 15.0. The number of hydrogen-bond donors (Lipinski definition) is 1. The molecule has 0 aliphatic heterocycles. The fourth-order valence-corrected chi connectivity index (χ4v) is 2.77. The van der Waals surface area contributed by atoms with Crippen molar-refractivity contribution in [2.45, 2.75) is 19.4 Å². The van der Waals surface area contributed by atoms with Gasteiger partial charge in [-0.1, -0.05) is 39.7 Å². The van der Waals surface area contributed by atoms with Crippen molar-refractivity contribution in [1.29, 1.82) is 0 Å². The molecule has 1 unspecified atom stereocenters. The quantitative estimate of drug-likeness (QED) is 0.905. The molecule has 0 fully saturated rings. The van der Waals surface area contributed by atoms with Gasteiger partial charge >= 0.3 is 0 Å². The van der Waals surface area contributed by atoms with Crippen LogP contribution in [-0.2, 0) is 6.42 Å². The number of hydrogen-bond acceptors (Lipinski definition) is 2. The van der Waals surface area contributed by atoms with Crippen molar-refractivity contribution < 1.29 is 14.2 Å². The second-order valence-electron chi connectivity index (χ2n) is 4.70. The smallest absolute Gasteiger partial charge is 0.124 e. The maximum Gasteiger partial charge on any atom is 0.124 e. The van der Waals surface area contributed by atoms with Crippen LogP contribution in [0, 0.1) is 12.7 Å². The number of halogens is 2. The Bertz CT molecular complexity index is 613. The summed E-state index contributed by atoms with van der Waals surface area (Å²) < 4.78 is 18.9. The van der Waals surface area contributed by atoms with E-state index in [4.69, 9.17) is 4.74 Å². The Morgan fingerprint density at radius 1 is 1.25 bits per heavy atom. The molecule has 20 heavy (non-hydrogen) atoms. The lowest BCUT2D eigenvalue weighted by Gasteiger charge is -2.15. The summed E-state index contributed by atoms with van der Waals surface area (Å²) in [7, 11) is 1.61. The molecule has 2 aromatic rings. The number of ether oxygens (including phenoxy) is 1. The predicted octanol–water partition coefficient (Wildman–Crippen LogP) is 4.18. The highest BCUT2D eigenvalue weighted by Gasteiger charge is 2.15. The summed E-state index contributed by atoms with van der Waals surface area (Å²) in [5.74, 6) is 0.411. The Kier molecular flexibility index (Phi) is 4.78. The van der Waals surface area contributed by atoms with Gasteiger partial charge in [0.05, 0.1) is 13.2 Å². The molecule has 2 nitrogen and oxygen atoms in total. The molecule has 106 valence electrons. The molecule has 1 atom stereocenters. The van der Waals surface area contributed by atoms with Crippen molar-refractivity contribution in [3.63, 3.8) is 0 Å². The molecule has 0 heterocycles. The Labute approximate surface area is 126 Å². The number of benzene rings is 2. The molecular formula is C16H16BrFO2. The van der Waals surface area contributed by atoms with Gasteiger partial charge in [0.25, 0.3) is 0 Å². The van der Waals surface area contributed by atoms with Crippen molar-refractivity contribution in [3.8, 4) is 5.75 Å². The highest BCUT2D eigenvalue weighted by atomic mass is 79.9. The summed E-state index contributed by atoms with van der Waals surface area (Å²) in [5, 5.41) is 10.3. The first-order chi connectivity index (χ1) is 9.51. The van der Waals surface area contributed by atoms with E-state index in [9.17, 15) is 9.50 Å². The number of aliphatic hydroxyl groups is 1. The lowest BCUT2D eigenvalue weighted by molar-refractivity contribution is 0.176. The van der Waals surface area contributed by atoms with Crippen LogP contribution in [0.25, 0.3) is 0 Å². The fourth-order valence-electron chi connectivity index (χ4n) is 2.16. The summed E-state index contributed by atoms with van der Waals surface area (Å²) in [6.45, 7) is 1.99. The third-order valence-electron chi connectivity index (χ3n) is 3.17. The molecule has 0 saturated carbocycles. The van der Waals surface area contributed by atoms with Gasteiger partial charge in [0.15, 0.2) is 0 Å². The zero-order valence-electron chi connectivity index (χ0n) is 11.4. The number of aryl methyl sites for hydroxylation is 1. The van der Waals surface area contributed by atoms with E-state index in [1.807, 2.05) is 25.1 Å². The molecule has 0 aliphatic carbocycles. The van der Waals surface area contributed by atoms with Gasteiger partial charge in [-0.05, 0) is 36.2 Å². The maximum absolute atomic E-state index is 13.1. The fraction of sp³-hybridized carbons (Fsp3) is 0.250. The summed E-state index contributed by atoms with van der Waals surface area (Å²) in [6, 6.07) is 10.1. The lowest BCUT2D eigenvalue weighted by Crippen LogP contribution is -2.05. The number of rotatable bonds is 4. The lowest BCUT2D eigenvalue weighted by atomic mass is 9.99. The van der Waals surface area contributed by atoms with Gasteiger partial charge < -0.3 is 9.84 Å². The van der Waals surface area contributed by atoms with E-state index < -0.39 is 6.10 Å². The third kappa shape index (κ3) is 3.38. The van der Waals surface area contributed by atoms with Gasteiger partial charge in [-0.25, -0.2) is 4.39 Å². The maximum atomic E-state index is 13.1. The molecule has 0 aromatic heterocycles. The standard InChI is InChI=1S/C16H16BrFO2/c1-10-3-6-16(20-2)11(7-10)8-15(19)13-5-4-12(18)9-14(13)17/h3-7,9,15,19H,8H2,1-2H3. The van der Waals surface area contributed by atoms with Crippen molar-refractivity contribution in [2.75, 3.05) is 7.11 Å². The van der Waals surface area contributed by atoms with Crippen LogP contribution in [0.4, 0.5) is 4.39 Å². The molecule has 4 heteroatoms. The van der Waals surface area contributed by atoms with E-state index in [-0.39, 0.29) is 5.82 Å². The average molecular weight is 339 g/mol. The Morgan fingerprint density at radius 2 is 2.00 bits per heavy atom. The second kappa shape index (κ2) is 6.37. The molecule has 0 aliphatic rings. The molecule has 0 radical (unpaired) electrons. The zero-order chi connectivity index (χ0) is 14.7. The molecule has 0 spiro atoms. The SMILES string of the molecule is COc1ccc(C)cc1CC(O)c1ccc(F)cc1Br. The van der Waals surface area contributed by atoms with Crippen molar-refractivity contribution in [1.82, 2.24) is 0 Å². The number of methoxy groups -OCH3 is 1. The van der Waals surface area contributed by atoms with Gasteiger partial charge in [0.2, 0.25) is 0 Å². The van der Waals surface area contributed by atoms with Crippen molar-refractivity contribution in [3.05, 3.63) is 63.4 Å². The van der Waals surface area contributed by atoms with Gasteiger partial charge in [0, 0.05) is 10.9 Å². The Hall–Kier alpha value is -1.39. The summed E-state index contributed by atoms with van der Waals surface area (Å²) in [5.41, 5.74) is 2.69. The normalized spacial score (nSPS) is 12.2. The van der Waals surface area contributed by atoms with E-state index in [2.05, 4.69) is 15.9 Å². The van der Waals surface area contributed by atoms with Crippen molar-refractivity contribution in [2.24, 2.45) is 0 Å². The van der Waals surface area contributed by atoms with Gasteiger partial charge in [-0.2, -0.15) is 0 Å². The van der Waals surface area contributed by atoms with Crippen LogP contribution in [0.1, 0.15) is 22.8 Å². The van der Waals surface area contributed by atoms with Gasteiger partial charge in [-0.15, -0.1) is 0 Å². The predicted molar refractivity (Wildman–Crippen MR) is 80.5 cm³/mol. The molecule has 0 bridgehead atoms. The highest BCUT2D eigenvalue weighted by Crippen LogP contribution is 2.30. The first-order valence-electron chi connectivity index (χ1n) is 6.28. The minimum atomic E-state index is -0.722. The van der Waals surface area contributed by atoms with Crippen LogP contribution >= 0.6 is 15.9 Å². The van der Waals surface area contributed by atoms with E-state index >= 15 is 0 Å². The minimum Gasteiger partial charge on any atom is -0.496 e.